The van der Waals surface area contributed by atoms with Crippen molar-refractivity contribution in [2.75, 3.05) is 17.3 Å². The normalized spacial score (nSPS) is 11.0. The zero-order valence-corrected chi connectivity index (χ0v) is 14.3. The molecule has 0 fully saturated rings. The lowest BCUT2D eigenvalue weighted by Crippen LogP contribution is -2.37. The predicted molar refractivity (Wildman–Crippen MR) is 95.3 cm³/mol. The molecule has 0 atom stereocenters. The molecule has 5 nitrogen and oxygen atoms in total. The number of carbonyl (C=O) groups is 2. The fourth-order valence-corrected chi connectivity index (χ4v) is 2.18. The second-order valence-electron chi connectivity index (χ2n) is 6.66. The molecular formula is C19H22N2O3. The van der Waals surface area contributed by atoms with Crippen LogP contribution in [0.5, 0.6) is 5.75 Å². The number of anilines is 2. The standard InChI is InChI=1S/C19H22N2O3/c1-19(2,3)13-5-7-14(8-6-13)20-17(23)18(24)21(4)15-9-11-16(22)12-10-15/h5-12,22H,1-4H3,(H,20,23). The predicted octanol–water partition coefficient (Wildman–Crippen LogP) is 3.29. The van der Waals surface area contributed by atoms with Crippen molar-refractivity contribution in [3.8, 4) is 5.75 Å². The van der Waals surface area contributed by atoms with Gasteiger partial charge in [-0.05, 0) is 47.4 Å². The Bertz CT molecular complexity index is 729. The average molecular weight is 326 g/mol. The van der Waals surface area contributed by atoms with Gasteiger partial charge in [0.1, 0.15) is 5.75 Å². The van der Waals surface area contributed by atoms with Crippen LogP contribution in [0, 0.1) is 0 Å². The maximum atomic E-state index is 12.2. The summed E-state index contributed by atoms with van der Waals surface area (Å²) in [6.07, 6.45) is 0. The quantitative estimate of drug-likeness (QED) is 0.832. The number of phenols is 1. The molecule has 0 aromatic heterocycles. The van der Waals surface area contributed by atoms with Crippen LogP contribution >= 0.6 is 0 Å². The molecule has 0 heterocycles. The Labute approximate surface area is 141 Å². The number of benzene rings is 2. The van der Waals surface area contributed by atoms with Gasteiger partial charge in [0, 0.05) is 18.4 Å². The number of nitrogens with one attached hydrogen (secondary N) is 1. The van der Waals surface area contributed by atoms with Crippen molar-refractivity contribution in [1.29, 1.82) is 0 Å². The van der Waals surface area contributed by atoms with Crippen LogP contribution in [0.15, 0.2) is 48.5 Å². The van der Waals surface area contributed by atoms with Crippen LogP contribution in [-0.4, -0.2) is 24.0 Å². The molecule has 0 aliphatic carbocycles. The van der Waals surface area contributed by atoms with E-state index in [9.17, 15) is 14.7 Å². The van der Waals surface area contributed by atoms with Gasteiger partial charge >= 0.3 is 11.8 Å². The molecule has 24 heavy (non-hydrogen) atoms. The lowest BCUT2D eigenvalue weighted by Gasteiger charge is -2.19. The van der Waals surface area contributed by atoms with Crippen LogP contribution in [0.1, 0.15) is 26.3 Å². The van der Waals surface area contributed by atoms with Gasteiger partial charge in [0.15, 0.2) is 0 Å². The van der Waals surface area contributed by atoms with Gasteiger partial charge in [0.05, 0.1) is 0 Å². The first-order chi connectivity index (χ1) is 11.2. The lowest BCUT2D eigenvalue weighted by molar-refractivity contribution is -0.134. The zero-order chi connectivity index (χ0) is 17.9. The molecule has 2 aromatic carbocycles. The van der Waals surface area contributed by atoms with Gasteiger partial charge in [-0.3, -0.25) is 9.59 Å². The maximum Gasteiger partial charge on any atom is 0.316 e. The SMILES string of the molecule is CN(C(=O)C(=O)Nc1ccc(C(C)(C)C)cc1)c1ccc(O)cc1. The Balaban J connectivity index is 2.06. The van der Waals surface area contributed by atoms with Gasteiger partial charge < -0.3 is 15.3 Å². The Morgan fingerprint density at radius 3 is 2.00 bits per heavy atom. The topological polar surface area (TPSA) is 69.6 Å². The van der Waals surface area contributed by atoms with E-state index in [-0.39, 0.29) is 11.2 Å². The lowest BCUT2D eigenvalue weighted by atomic mass is 9.87. The summed E-state index contributed by atoms with van der Waals surface area (Å²) in [5, 5.41) is 11.9. The minimum Gasteiger partial charge on any atom is -0.508 e. The Hall–Kier alpha value is -2.82. The summed E-state index contributed by atoms with van der Waals surface area (Å²) < 4.78 is 0. The van der Waals surface area contributed by atoms with Gasteiger partial charge in [-0.1, -0.05) is 32.9 Å². The third-order valence-corrected chi connectivity index (χ3v) is 3.74. The molecule has 0 aliphatic heterocycles. The maximum absolute atomic E-state index is 12.2. The third kappa shape index (κ3) is 4.13. The van der Waals surface area contributed by atoms with E-state index in [1.54, 1.807) is 24.3 Å². The minimum atomic E-state index is -0.714. The molecule has 2 rings (SSSR count). The zero-order valence-electron chi connectivity index (χ0n) is 14.3. The number of carbonyl (C=O) groups excluding carboxylic acids is 2. The number of hydrogen-bond acceptors (Lipinski definition) is 3. The molecule has 2 N–H and O–H groups in total. The molecular weight excluding hydrogens is 304 g/mol. The molecule has 0 saturated heterocycles. The van der Waals surface area contributed by atoms with Gasteiger partial charge in [0.25, 0.3) is 0 Å². The van der Waals surface area contributed by atoms with Crippen LogP contribution in [0.2, 0.25) is 0 Å². The fourth-order valence-electron chi connectivity index (χ4n) is 2.18. The molecule has 0 bridgehead atoms. The summed E-state index contributed by atoms with van der Waals surface area (Å²) in [5.74, 6) is -1.29. The molecule has 2 aromatic rings. The average Bonchev–Trinajstić information content (AvgIpc) is 2.54. The Kier molecular flexibility index (Phi) is 4.93. The van der Waals surface area contributed by atoms with E-state index >= 15 is 0 Å². The van der Waals surface area contributed by atoms with Crippen molar-refractivity contribution < 1.29 is 14.7 Å². The van der Waals surface area contributed by atoms with E-state index in [4.69, 9.17) is 0 Å². The second kappa shape index (κ2) is 6.74. The van der Waals surface area contributed by atoms with E-state index in [1.807, 2.05) is 12.1 Å². The number of hydrogen-bond donors (Lipinski definition) is 2. The van der Waals surface area contributed by atoms with Crippen LogP contribution in [0.4, 0.5) is 11.4 Å². The number of aromatic hydroxyl groups is 1. The van der Waals surface area contributed by atoms with E-state index in [1.165, 1.54) is 24.1 Å². The highest BCUT2D eigenvalue weighted by Crippen LogP contribution is 2.23. The summed E-state index contributed by atoms with van der Waals surface area (Å²) in [4.78, 5) is 25.6. The summed E-state index contributed by atoms with van der Waals surface area (Å²) >= 11 is 0. The molecule has 0 unspecified atom stereocenters. The summed E-state index contributed by atoms with van der Waals surface area (Å²) in [5.41, 5.74) is 2.27. The highest BCUT2D eigenvalue weighted by molar-refractivity contribution is 6.44. The number of nitrogens with zero attached hydrogens (tertiary/aromatic N) is 1. The van der Waals surface area contributed by atoms with E-state index in [0.29, 0.717) is 11.4 Å². The first kappa shape index (κ1) is 17.5. The largest absolute Gasteiger partial charge is 0.508 e. The van der Waals surface area contributed by atoms with Crippen LogP contribution < -0.4 is 10.2 Å². The molecule has 2 amide bonds. The monoisotopic (exact) mass is 326 g/mol. The van der Waals surface area contributed by atoms with E-state index < -0.39 is 11.8 Å². The molecule has 0 aliphatic rings. The van der Waals surface area contributed by atoms with Crippen molar-refractivity contribution in [2.45, 2.75) is 26.2 Å². The third-order valence-electron chi connectivity index (χ3n) is 3.74. The molecule has 5 heteroatoms. The summed E-state index contributed by atoms with van der Waals surface area (Å²) in [6, 6.07) is 13.5. The van der Waals surface area contributed by atoms with Crippen molar-refractivity contribution in [3.05, 3.63) is 54.1 Å². The number of phenolic OH excluding ortho intramolecular Hbond substituents is 1. The molecule has 0 spiro atoms. The van der Waals surface area contributed by atoms with Gasteiger partial charge in [-0.15, -0.1) is 0 Å². The van der Waals surface area contributed by atoms with Crippen LogP contribution in [-0.2, 0) is 15.0 Å². The van der Waals surface area contributed by atoms with Gasteiger partial charge in [0.2, 0.25) is 0 Å². The molecule has 126 valence electrons. The number of amides is 2. The minimum absolute atomic E-state index is 0.0252. The van der Waals surface area contributed by atoms with Gasteiger partial charge in [-0.2, -0.15) is 0 Å². The van der Waals surface area contributed by atoms with E-state index in [2.05, 4.69) is 26.1 Å². The van der Waals surface area contributed by atoms with Crippen molar-refractivity contribution in [2.24, 2.45) is 0 Å². The smallest absolute Gasteiger partial charge is 0.316 e. The highest BCUT2D eigenvalue weighted by atomic mass is 16.3. The number of rotatable bonds is 2. The molecule has 0 radical (unpaired) electrons. The van der Waals surface area contributed by atoms with Gasteiger partial charge in [-0.25, -0.2) is 0 Å². The van der Waals surface area contributed by atoms with Crippen LogP contribution in [0.3, 0.4) is 0 Å². The Morgan fingerprint density at radius 1 is 0.958 bits per heavy atom. The summed E-state index contributed by atoms with van der Waals surface area (Å²) in [6.45, 7) is 6.32. The van der Waals surface area contributed by atoms with Crippen molar-refractivity contribution in [1.82, 2.24) is 0 Å². The first-order valence-corrected chi connectivity index (χ1v) is 7.67. The fraction of sp³-hybridized carbons (Fsp3) is 0.263. The second-order valence-corrected chi connectivity index (χ2v) is 6.66. The van der Waals surface area contributed by atoms with Crippen molar-refractivity contribution in [3.63, 3.8) is 0 Å². The molecule has 0 saturated carbocycles. The Morgan fingerprint density at radius 2 is 1.50 bits per heavy atom. The van der Waals surface area contributed by atoms with E-state index in [0.717, 1.165) is 5.56 Å². The van der Waals surface area contributed by atoms with Crippen molar-refractivity contribution >= 4 is 23.2 Å². The number of likely N-dealkylation sites (N-methyl/N-ethyl adjacent to an activating group) is 1. The highest BCUT2D eigenvalue weighted by Gasteiger charge is 2.20. The van der Waals surface area contributed by atoms with Crippen LogP contribution in [0.25, 0.3) is 0 Å². The summed E-state index contributed by atoms with van der Waals surface area (Å²) in [7, 11) is 1.51. The first-order valence-electron chi connectivity index (χ1n) is 7.67.